The molecular weight excluding hydrogens is 424 g/mol. The van der Waals surface area contributed by atoms with Crippen LogP contribution in [0.25, 0.3) is 11.0 Å². The molecular formula is C30H40O4. The van der Waals surface area contributed by atoms with Crippen molar-refractivity contribution in [2.24, 2.45) is 5.41 Å². The third-order valence-corrected chi connectivity index (χ3v) is 6.86. The summed E-state index contributed by atoms with van der Waals surface area (Å²) in [5, 5.41) is 1.08. The summed E-state index contributed by atoms with van der Waals surface area (Å²) in [7, 11) is 0. The second kappa shape index (κ2) is 10.7. The third kappa shape index (κ3) is 5.48. The molecule has 0 bridgehead atoms. The first-order valence-electron chi connectivity index (χ1n) is 12.6. The highest BCUT2D eigenvalue weighted by Gasteiger charge is 2.35. The molecule has 0 amide bonds. The number of Topliss-reactive ketones (excluding diaryl/α,β-unsaturated/α-hetero) is 1. The zero-order valence-electron chi connectivity index (χ0n) is 21.9. The fraction of sp³-hybridized carbons (Fsp3) is 0.500. The topological polar surface area (TPSA) is 48.7 Å². The largest absolute Gasteiger partial charge is 0.493 e. The van der Waals surface area contributed by atoms with Crippen molar-refractivity contribution in [2.75, 3.05) is 13.2 Å². The van der Waals surface area contributed by atoms with Crippen LogP contribution in [0.15, 0.2) is 46.9 Å². The number of ether oxygens (including phenoxy) is 2. The van der Waals surface area contributed by atoms with Crippen LogP contribution in [0, 0.1) is 12.3 Å². The van der Waals surface area contributed by atoms with Crippen molar-refractivity contribution in [3.05, 3.63) is 59.4 Å². The number of carbonyl (C=O) groups excluding carboxylic acids is 1. The number of carbonyl (C=O) groups is 1. The maximum Gasteiger partial charge on any atom is 0.175 e. The van der Waals surface area contributed by atoms with Crippen LogP contribution in [0.2, 0.25) is 0 Å². The van der Waals surface area contributed by atoms with Crippen LogP contribution in [0.5, 0.6) is 11.5 Å². The second-order valence-electron chi connectivity index (χ2n) is 10.2. The van der Waals surface area contributed by atoms with E-state index < -0.39 is 5.41 Å². The molecule has 0 aliphatic heterocycles. The van der Waals surface area contributed by atoms with Gasteiger partial charge in [-0.15, -0.1) is 0 Å². The summed E-state index contributed by atoms with van der Waals surface area (Å²) in [5.41, 5.74) is 2.42. The Labute approximate surface area is 204 Å². The molecule has 0 radical (unpaired) electrons. The Balaban J connectivity index is 1.90. The van der Waals surface area contributed by atoms with Crippen molar-refractivity contribution >= 4 is 16.8 Å². The minimum absolute atomic E-state index is 0.0859. The van der Waals surface area contributed by atoms with Gasteiger partial charge in [0.25, 0.3) is 0 Å². The Morgan fingerprint density at radius 2 is 1.68 bits per heavy atom. The van der Waals surface area contributed by atoms with Crippen molar-refractivity contribution in [2.45, 2.75) is 79.6 Å². The summed E-state index contributed by atoms with van der Waals surface area (Å²) < 4.78 is 18.2. The zero-order chi connectivity index (χ0) is 24.9. The smallest absolute Gasteiger partial charge is 0.175 e. The molecule has 0 N–H and O–H groups in total. The molecule has 0 aliphatic carbocycles. The molecule has 1 aromatic heterocycles. The maximum atomic E-state index is 12.3. The van der Waals surface area contributed by atoms with Gasteiger partial charge in [-0.2, -0.15) is 0 Å². The lowest BCUT2D eigenvalue weighted by atomic mass is 9.73. The number of hydrogen-bond donors (Lipinski definition) is 0. The van der Waals surface area contributed by atoms with Gasteiger partial charge in [0.05, 0.1) is 12.0 Å². The van der Waals surface area contributed by atoms with E-state index in [9.17, 15) is 4.79 Å². The van der Waals surface area contributed by atoms with E-state index in [0.29, 0.717) is 0 Å². The normalized spacial score (nSPS) is 12.2. The second-order valence-corrected chi connectivity index (χ2v) is 10.2. The van der Waals surface area contributed by atoms with Gasteiger partial charge in [-0.1, -0.05) is 60.1 Å². The standard InChI is InChI=1S/C30H40O4/c1-8-11-16-32-24-14-12-22-18-28(34-26(22)19-24)30(9-2,10-3)23-13-15-25(21(4)17-23)33-20-27(31)29(5,6)7/h12-15,17-19H,8-11,16,20H2,1-7H3. The molecule has 4 nitrogen and oxygen atoms in total. The Morgan fingerprint density at radius 1 is 0.941 bits per heavy atom. The number of rotatable bonds is 11. The first-order chi connectivity index (χ1) is 16.1. The molecule has 34 heavy (non-hydrogen) atoms. The predicted molar refractivity (Wildman–Crippen MR) is 139 cm³/mol. The number of unbranched alkanes of at least 4 members (excludes halogenated alkanes) is 1. The van der Waals surface area contributed by atoms with Gasteiger partial charge in [0.1, 0.15) is 29.4 Å². The number of furan rings is 1. The van der Waals surface area contributed by atoms with Crippen LogP contribution in [0.3, 0.4) is 0 Å². The van der Waals surface area contributed by atoms with Crippen molar-refractivity contribution in [3.63, 3.8) is 0 Å². The molecule has 3 aromatic rings. The van der Waals surface area contributed by atoms with Crippen molar-refractivity contribution in [1.29, 1.82) is 0 Å². The molecule has 4 heteroatoms. The number of aryl methyl sites for hydroxylation is 1. The Hall–Kier alpha value is -2.75. The number of benzene rings is 2. The monoisotopic (exact) mass is 464 g/mol. The van der Waals surface area contributed by atoms with Gasteiger partial charge in [0, 0.05) is 16.9 Å². The molecule has 0 atom stereocenters. The summed E-state index contributed by atoms with van der Waals surface area (Å²) in [5.74, 6) is 2.66. The average Bonchev–Trinajstić information content (AvgIpc) is 3.23. The minimum Gasteiger partial charge on any atom is -0.493 e. The minimum atomic E-state index is -0.407. The van der Waals surface area contributed by atoms with E-state index >= 15 is 0 Å². The number of ketones is 1. The van der Waals surface area contributed by atoms with E-state index in [-0.39, 0.29) is 17.8 Å². The van der Waals surface area contributed by atoms with Crippen LogP contribution in [0.4, 0.5) is 0 Å². The van der Waals surface area contributed by atoms with Crippen molar-refractivity contribution in [1.82, 2.24) is 0 Å². The first-order valence-corrected chi connectivity index (χ1v) is 12.6. The molecule has 1 heterocycles. The van der Waals surface area contributed by atoms with Crippen molar-refractivity contribution in [3.8, 4) is 11.5 Å². The number of hydrogen-bond acceptors (Lipinski definition) is 4. The lowest BCUT2D eigenvalue weighted by molar-refractivity contribution is -0.128. The zero-order valence-corrected chi connectivity index (χ0v) is 21.9. The summed E-state index contributed by atoms with van der Waals surface area (Å²) in [6, 6.07) is 14.5. The molecule has 3 rings (SSSR count). The lowest BCUT2D eigenvalue weighted by Crippen LogP contribution is -2.27. The van der Waals surface area contributed by atoms with E-state index in [1.165, 1.54) is 5.56 Å². The van der Waals surface area contributed by atoms with Gasteiger partial charge in [-0.05, 0) is 61.6 Å². The average molecular weight is 465 g/mol. The van der Waals surface area contributed by atoms with E-state index in [4.69, 9.17) is 13.9 Å². The van der Waals surface area contributed by atoms with E-state index in [0.717, 1.165) is 66.1 Å². The summed E-state index contributed by atoms with van der Waals surface area (Å²) >= 11 is 0. The van der Waals surface area contributed by atoms with Gasteiger partial charge in [-0.25, -0.2) is 0 Å². The van der Waals surface area contributed by atoms with E-state index in [1.54, 1.807) is 0 Å². The van der Waals surface area contributed by atoms with Crippen LogP contribution < -0.4 is 9.47 Å². The summed E-state index contributed by atoms with van der Waals surface area (Å²) in [6.07, 6.45) is 3.97. The molecule has 0 unspecified atom stereocenters. The van der Waals surface area contributed by atoms with E-state index in [2.05, 4.69) is 45.0 Å². The molecule has 184 valence electrons. The fourth-order valence-corrected chi connectivity index (χ4v) is 4.29. The third-order valence-electron chi connectivity index (χ3n) is 6.86. The fourth-order valence-electron chi connectivity index (χ4n) is 4.29. The SMILES string of the molecule is CCCCOc1ccc2cc(C(CC)(CC)c3ccc(OCC(=O)C(C)(C)C)c(C)c3)oc2c1. The van der Waals surface area contributed by atoms with Crippen LogP contribution >= 0.6 is 0 Å². The van der Waals surface area contributed by atoms with E-state index in [1.807, 2.05) is 45.9 Å². The Kier molecular flexibility index (Phi) is 8.12. The van der Waals surface area contributed by atoms with Crippen LogP contribution in [-0.2, 0) is 10.2 Å². The van der Waals surface area contributed by atoms with Crippen LogP contribution in [0.1, 0.15) is 84.1 Å². The van der Waals surface area contributed by atoms with Crippen LogP contribution in [-0.4, -0.2) is 19.0 Å². The molecule has 2 aromatic carbocycles. The highest BCUT2D eigenvalue weighted by Crippen LogP contribution is 2.42. The Morgan fingerprint density at radius 3 is 2.29 bits per heavy atom. The quantitative estimate of drug-likeness (QED) is 0.270. The highest BCUT2D eigenvalue weighted by molar-refractivity contribution is 5.85. The molecule has 0 spiro atoms. The summed E-state index contributed by atoms with van der Waals surface area (Å²) in [6.45, 7) is 15.2. The molecule has 0 aliphatic rings. The highest BCUT2D eigenvalue weighted by atomic mass is 16.5. The van der Waals surface area contributed by atoms with Gasteiger partial charge >= 0.3 is 0 Å². The molecule has 0 fully saturated rings. The molecule has 0 saturated heterocycles. The number of fused-ring (bicyclic) bond motifs is 1. The van der Waals surface area contributed by atoms with Gasteiger partial charge in [-0.3, -0.25) is 4.79 Å². The molecule has 0 saturated carbocycles. The lowest BCUT2D eigenvalue weighted by Gasteiger charge is -2.31. The first kappa shape index (κ1) is 25.9. The Bertz CT molecular complexity index is 1110. The maximum absolute atomic E-state index is 12.3. The summed E-state index contributed by atoms with van der Waals surface area (Å²) in [4.78, 5) is 12.3. The van der Waals surface area contributed by atoms with Gasteiger partial charge in [0.2, 0.25) is 0 Å². The van der Waals surface area contributed by atoms with Gasteiger partial charge < -0.3 is 13.9 Å². The van der Waals surface area contributed by atoms with Crippen molar-refractivity contribution < 1.29 is 18.7 Å². The predicted octanol–water partition coefficient (Wildman–Crippen LogP) is 8.02. The van der Waals surface area contributed by atoms with Gasteiger partial charge in [0.15, 0.2) is 5.78 Å².